The van der Waals surface area contributed by atoms with Crippen molar-refractivity contribution >= 4 is 11.8 Å². The zero-order valence-electron chi connectivity index (χ0n) is 15.6. The minimum Gasteiger partial charge on any atom is -0.443 e. The van der Waals surface area contributed by atoms with Crippen molar-refractivity contribution in [3.63, 3.8) is 0 Å². The molecule has 0 bridgehead atoms. The van der Waals surface area contributed by atoms with Gasteiger partial charge in [0.25, 0.3) is 0 Å². The van der Waals surface area contributed by atoms with Crippen LogP contribution in [0.2, 0.25) is 0 Å². The van der Waals surface area contributed by atoms with Gasteiger partial charge in [-0.2, -0.15) is 0 Å². The second-order valence-corrected chi connectivity index (χ2v) is 8.58. The maximum Gasteiger partial charge on any atom is 0.414 e. The third-order valence-corrected chi connectivity index (χ3v) is 4.10. The van der Waals surface area contributed by atoms with Gasteiger partial charge >= 0.3 is 6.09 Å². The van der Waals surface area contributed by atoms with E-state index in [4.69, 9.17) is 4.74 Å². The van der Waals surface area contributed by atoms with E-state index in [9.17, 15) is 4.79 Å². The van der Waals surface area contributed by atoms with E-state index in [0.717, 1.165) is 29.8 Å². The molecule has 2 heterocycles. The molecule has 1 aromatic heterocycles. The Balaban J connectivity index is 2.29. The number of ether oxygens (including phenoxy) is 1. The molecule has 4 heteroatoms. The third kappa shape index (κ3) is 4.24. The molecule has 1 aliphatic heterocycles. The van der Waals surface area contributed by atoms with E-state index in [1.165, 1.54) is 0 Å². The number of carbonyl (C=O) groups excluding carboxylic acids is 1. The predicted octanol–water partition coefficient (Wildman–Crippen LogP) is 4.70. The Morgan fingerprint density at radius 1 is 1.39 bits per heavy atom. The summed E-state index contributed by atoms with van der Waals surface area (Å²) in [5, 5.41) is 0. The molecule has 0 radical (unpaired) electrons. The Labute approximate surface area is 140 Å². The number of amides is 1. The average Bonchev–Trinajstić information content (AvgIpc) is 2.66. The lowest BCUT2D eigenvalue weighted by atomic mass is 9.88. The third-order valence-electron chi connectivity index (χ3n) is 4.10. The Morgan fingerprint density at radius 2 is 2.04 bits per heavy atom. The van der Waals surface area contributed by atoms with E-state index in [-0.39, 0.29) is 11.5 Å². The van der Waals surface area contributed by atoms with Crippen molar-refractivity contribution in [3.8, 4) is 0 Å². The summed E-state index contributed by atoms with van der Waals surface area (Å²) in [6.07, 6.45) is 3.70. The first-order chi connectivity index (χ1) is 10.5. The fourth-order valence-corrected chi connectivity index (χ4v) is 2.85. The number of carbonyl (C=O) groups is 1. The number of nitrogens with zero attached hydrogens (tertiary/aromatic N) is 2. The largest absolute Gasteiger partial charge is 0.443 e. The summed E-state index contributed by atoms with van der Waals surface area (Å²) in [6.45, 7) is 15.0. The molecule has 0 N–H and O–H groups in total. The van der Waals surface area contributed by atoms with Crippen LogP contribution in [0.25, 0.3) is 0 Å². The standard InChI is InChI=1S/C19H30N2O2/c1-13(2)8-9-14-10-16-15(11-20-14)19(6,7)12-21(16)17(22)23-18(3,4)5/h10-11,13H,8-9,12H2,1-7H3. The fourth-order valence-electron chi connectivity index (χ4n) is 2.85. The van der Waals surface area contributed by atoms with Crippen molar-refractivity contribution in [1.82, 2.24) is 4.98 Å². The number of pyridine rings is 1. The van der Waals surface area contributed by atoms with E-state index in [1.54, 1.807) is 4.90 Å². The van der Waals surface area contributed by atoms with Crippen LogP contribution in [0.5, 0.6) is 0 Å². The van der Waals surface area contributed by atoms with E-state index in [0.29, 0.717) is 12.5 Å². The highest BCUT2D eigenvalue weighted by Crippen LogP contribution is 2.41. The molecule has 1 aliphatic rings. The SMILES string of the molecule is CC(C)CCc1cc2c(cn1)C(C)(C)CN2C(=O)OC(C)(C)C. The molecule has 2 rings (SSSR count). The Morgan fingerprint density at radius 3 is 2.61 bits per heavy atom. The van der Waals surface area contributed by atoms with Gasteiger partial charge in [-0.3, -0.25) is 9.88 Å². The highest BCUT2D eigenvalue weighted by Gasteiger charge is 2.40. The molecule has 23 heavy (non-hydrogen) atoms. The number of aromatic nitrogens is 1. The molecule has 0 atom stereocenters. The van der Waals surface area contributed by atoms with E-state index >= 15 is 0 Å². The Bertz CT molecular complexity index is 586. The van der Waals surface area contributed by atoms with Crippen LogP contribution in [0.1, 0.15) is 66.1 Å². The summed E-state index contributed by atoms with van der Waals surface area (Å²) >= 11 is 0. The van der Waals surface area contributed by atoms with Gasteiger partial charge in [-0.1, -0.05) is 27.7 Å². The summed E-state index contributed by atoms with van der Waals surface area (Å²) in [5.41, 5.74) is 2.53. The fraction of sp³-hybridized carbons (Fsp3) is 0.684. The van der Waals surface area contributed by atoms with Crippen LogP contribution in [-0.4, -0.2) is 23.2 Å². The van der Waals surface area contributed by atoms with Crippen LogP contribution in [0, 0.1) is 5.92 Å². The number of hydrogen-bond acceptors (Lipinski definition) is 3. The number of anilines is 1. The number of fused-ring (bicyclic) bond motifs is 1. The smallest absolute Gasteiger partial charge is 0.414 e. The van der Waals surface area contributed by atoms with Crippen molar-refractivity contribution in [3.05, 3.63) is 23.5 Å². The maximum atomic E-state index is 12.6. The van der Waals surface area contributed by atoms with Crippen molar-refractivity contribution in [2.24, 2.45) is 5.92 Å². The summed E-state index contributed by atoms with van der Waals surface area (Å²) in [7, 11) is 0. The number of aryl methyl sites for hydroxylation is 1. The number of hydrogen-bond donors (Lipinski definition) is 0. The first-order valence-corrected chi connectivity index (χ1v) is 8.49. The predicted molar refractivity (Wildman–Crippen MR) is 94.0 cm³/mol. The van der Waals surface area contributed by atoms with Crippen molar-refractivity contribution in [2.45, 2.75) is 72.3 Å². The molecule has 0 saturated heterocycles. The zero-order chi connectivity index (χ0) is 17.4. The van der Waals surface area contributed by atoms with Gasteiger partial charge in [0.15, 0.2) is 0 Å². The van der Waals surface area contributed by atoms with Gasteiger partial charge in [0.1, 0.15) is 5.60 Å². The van der Waals surface area contributed by atoms with Crippen LogP contribution in [0.15, 0.2) is 12.3 Å². The van der Waals surface area contributed by atoms with Crippen LogP contribution >= 0.6 is 0 Å². The molecule has 0 aromatic carbocycles. The molecule has 0 unspecified atom stereocenters. The van der Waals surface area contributed by atoms with Crippen molar-refractivity contribution in [1.29, 1.82) is 0 Å². The van der Waals surface area contributed by atoms with Crippen LogP contribution in [-0.2, 0) is 16.6 Å². The molecule has 0 saturated carbocycles. The van der Waals surface area contributed by atoms with Gasteiger partial charge in [-0.05, 0) is 45.6 Å². The molecular weight excluding hydrogens is 288 g/mol. The number of rotatable bonds is 3. The molecular formula is C19H30N2O2. The minimum atomic E-state index is -0.489. The summed E-state index contributed by atoms with van der Waals surface area (Å²) < 4.78 is 5.58. The molecule has 0 aliphatic carbocycles. The Kier molecular flexibility index (Phi) is 4.74. The highest BCUT2D eigenvalue weighted by atomic mass is 16.6. The summed E-state index contributed by atoms with van der Waals surface area (Å²) in [5.74, 6) is 0.642. The van der Waals surface area contributed by atoms with Gasteiger partial charge < -0.3 is 4.74 Å². The lowest BCUT2D eigenvalue weighted by Crippen LogP contribution is -2.38. The maximum absolute atomic E-state index is 12.6. The zero-order valence-corrected chi connectivity index (χ0v) is 15.6. The Hall–Kier alpha value is -1.58. The van der Waals surface area contributed by atoms with Crippen LogP contribution in [0.4, 0.5) is 10.5 Å². The lowest BCUT2D eigenvalue weighted by molar-refractivity contribution is 0.0579. The summed E-state index contributed by atoms with van der Waals surface area (Å²) in [6, 6.07) is 2.07. The van der Waals surface area contributed by atoms with Crippen LogP contribution in [0.3, 0.4) is 0 Å². The van der Waals surface area contributed by atoms with Crippen molar-refractivity contribution < 1.29 is 9.53 Å². The molecule has 0 fully saturated rings. The topological polar surface area (TPSA) is 42.4 Å². The lowest BCUT2D eigenvalue weighted by Gasteiger charge is -2.26. The van der Waals surface area contributed by atoms with E-state index in [1.807, 2.05) is 27.0 Å². The van der Waals surface area contributed by atoms with Gasteiger partial charge in [0.2, 0.25) is 0 Å². The molecule has 128 valence electrons. The van der Waals surface area contributed by atoms with Gasteiger partial charge in [-0.15, -0.1) is 0 Å². The monoisotopic (exact) mass is 318 g/mol. The van der Waals surface area contributed by atoms with Gasteiger partial charge in [0, 0.05) is 29.4 Å². The molecule has 4 nitrogen and oxygen atoms in total. The van der Waals surface area contributed by atoms with Crippen LogP contribution < -0.4 is 4.90 Å². The van der Waals surface area contributed by atoms with Gasteiger partial charge in [-0.25, -0.2) is 4.79 Å². The first-order valence-electron chi connectivity index (χ1n) is 8.49. The molecule has 1 amide bonds. The molecule has 0 spiro atoms. The molecule has 1 aromatic rings. The first kappa shape index (κ1) is 17.8. The second-order valence-electron chi connectivity index (χ2n) is 8.58. The second kappa shape index (κ2) is 6.14. The highest BCUT2D eigenvalue weighted by molar-refractivity contribution is 5.91. The minimum absolute atomic E-state index is 0.101. The van der Waals surface area contributed by atoms with E-state index < -0.39 is 5.60 Å². The normalized spacial score (nSPS) is 16.6. The van der Waals surface area contributed by atoms with Gasteiger partial charge in [0.05, 0.1) is 5.69 Å². The summed E-state index contributed by atoms with van der Waals surface area (Å²) in [4.78, 5) is 18.9. The quantitative estimate of drug-likeness (QED) is 0.811. The van der Waals surface area contributed by atoms with Crippen molar-refractivity contribution in [2.75, 3.05) is 11.4 Å². The van der Waals surface area contributed by atoms with E-state index in [2.05, 4.69) is 38.7 Å². The average molecular weight is 318 g/mol.